The lowest BCUT2D eigenvalue weighted by Gasteiger charge is -2.32. The standard InChI is InChI=1S/C18H29N3O/c1-15-6-7-17(16(2)14-15)18(22)19-8-4-5-9-21-12-10-20(3)11-13-21/h6-7,14H,4-5,8-13H2,1-3H3,(H,19,22). The van der Waals surface area contributed by atoms with Crippen molar-refractivity contribution in [3.63, 3.8) is 0 Å². The first kappa shape index (κ1) is 17.0. The number of piperazine rings is 1. The zero-order chi connectivity index (χ0) is 15.9. The molecule has 0 aromatic heterocycles. The fourth-order valence-electron chi connectivity index (χ4n) is 2.90. The van der Waals surface area contributed by atoms with Gasteiger partial charge in [0.25, 0.3) is 5.91 Å². The molecule has 4 nitrogen and oxygen atoms in total. The van der Waals surface area contributed by atoms with Gasteiger partial charge in [0.1, 0.15) is 0 Å². The minimum Gasteiger partial charge on any atom is -0.352 e. The van der Waals surface area contributed by atoms with Gasteiger partial charge in [-0.2, -0.15) is 0 Å². The van der Waals surface area contributed by atoms with Gasteiger partial charge in [-0.15, -0.1) is 0 Å². The highest BCUT2D eigenvalue weighted by Crippen LogP contribution is 2.10. The third kappa shape index (κ3) is 5.11. The Kier molecular flexibility index (Phi) is 6.40. The summed E-state index contributed by atoms with van der Waals surface area (Å²) in [5, 5.41) is 3.04. The SMILES string of the molecule is Cc1ccc(C(=O)NCCCCN2CCN(C)CC2)c(C)c1. The molecule has 1 aromatic carbocycles. The van der Waals surface area contributed by atoms with Gasteiger partial charge in [0.15, 0.2) is 0 Å². The number of benzene rings is 1. The van der Waals surface area contributed by atoms with Crippen molar-refractivity contribution in [2.75, 3.05) is 46.3 Å². The summed E-state index contributed by atoms with van der Waals surface area (Å²) in [5.41, 5.74) is 3.04. The highest BCUT2D eigenvalue weighted by molar-refractivity contribution is 5.95. The number of rotatable bonds is 6. The fraction of sp³-hybridized carbons (Fsp3) is 0.611. The van der Waals surface area contributed by atoms with Crippen LogP contribution < -0.4 is 5.32 Å². The van der Waals surface area contributed by atoms with E-state index in [2.05, 4.69) is 28.2 Å². The van der Waals surface area contributed by atoms with Crippen LogP contribution in [0.25, 0.3) is 0 Å². The van der Waals surface area contributed by atoms with Gasteiger partial charge in [-0.05, 0) is 51.9 Å². The fourth-order valence-corrected chi connectivity index (χ4v) is 2.90. The van der Waals surface area contributed by atoms with Gasteiger partial charge in [-0.3, -0.25) is 4.79 Å². The first-order valence-electron chi connectivity index (χ1n) is 8.32. The maximum atomic E-state index is 12.2. The molecule has 1 heterocycles. The summed E-state index contributed by atoms with van der Waals surface area (Å²) in [4.78, 5) is 17.0. The maximum absolute atomic E-state index is 12.2. The van der Waals surface area contributed by atoms with Crippen molar-refractivity contribution in [3.05, 3.63) is 34.9 Å². The molecule has 2 rings (SSSR count). The number of nitrogens with zero attached hydrogens (tertiary/aromatic N) is 2. The Morgan fingerprint density at radius 3 is 2.55 bits per heavy atom. The van der Waals surface area contributed by atoms with Gasteiger partial charge in [0, 0.05) is 38.3 Å². The number of hydrogen-bond donors (Lipinski definition) is 1. The number of aryl methyl sites for hydroxylation is 2. The third-order valence-corrected chi connectivity index (χ3v) is 4.41. The van der Waals surface area contributed by atoms with Crippen LogP contribution in [-0.4, -0.2) is 62.0 Å². The first-order valence-corrected chi connectivity index (χ1v) is 8.32. The smallest absolute Gasteiger partial charge is 0.251 e. The summed E-state index contributed by atoms with van der Waals surface area (Å²) < 4.78 is 0. The number of carbonyl (C=O) groups is 1. The van der Waals surface area contributed by atoms with Crippen LogP contribution in [0.2, 0.25) is 0 Å². The molecule has 4 heteroatoms. The molecule has 122 valence electrons. The van der Waals surface area contributed by atoms with E-state index in [1.54, 1.807) is 0 Å². The van der Waals surface area contributed by atoms with Crippen molar-refractivity contribution in [1.82, 2.24) is 15.1 Å². The number of nitrogens with one attached hydrogen (secondary N) is 1. The summed E-state index contributed by atoms with van der Waals surface area (Å²) >= 11 is 0. The predicted molar refractivity (Wildman–Crippen MR) is 91.4 cm³/mol. The quantitative estimate of drug-likeness (QED) is 0.817. The van der Waals surface area contributed by atoms with Crippen molar-refractivity contribution in [2.45, 2.75) is 26.7 Å². The molecular weight excluding hydrogens is 274 g/mol. The van der Waals surface area contributed by atoms with E-state index in [9.17, 15) is 4.79 Å². The molecular formula is C18H29N3O. The normalized spacial score (nSPS) is 16.7. The predicted octanol–water partition coefficient (Wildman–Crippen LogP) is 2.06. The average molecular weight is 303 g/mol. The van der Waals surface area contributed by atoms with Crippen LogP contribution in [0.4, 0.5) is 0 Å². The van der Waals surface area contributed by atoms with Crippen molar-refractivity contribution in [2.24, 2.45) is 0 Å². The monoisotopic (exact) mass is 303 g/mol. The molecule has 1 aromatic rings. The molecule has 0 aliphatic carbocycles. The van der Waals surface area contributed by atoms with Gasteiger partial charge >= 0.3 is 0 Å². The van der Waals surface area contributed by atoms with Crippen molar-refractivity contribution >= 4 is 5.91 Å². The molecule has 1 N–H and O–H groups in total. The van der Waals surface area contributed by atoms with E-state index in [0.29, 0.717) is 0 Å². The molecule has 1 amide bonds. The molecule has 22 heavy (non-hydrogen) atoms. The summed E-state index contributed by atoms with van der Waals surface area (Å²) in [7, 11) is 2.18. The Morgan fingerprint density at radius 2 is 1.86 bits per heavy atom. The van der Waals surface area contributed by atoms with E-state index in [-0.39, 0.29) is 5.91 Å². The van der Waals surface area contributed by atoms with Gasteiger partial charge in [-0.1, -0.05) is 17.7 Å². The number of likely N-dealkylation sites (N-methyl/N-ethyl adjacent to an activating group) is 1. The number of hydrogen-bond acceptors (Lipinski definition) is 3. The zero-order valence-corrected chi connectivity index (χ0v) is 14.2. The van der Waals surface area contributed by atoms with Crippen LogP contribution in [0.1, 0.15) is 34.3 Å². The molecule has 1 saturated heterocycles. The lowest BCUT2D eigenvalue weighted by atomic mass is 10.1. The van der Waals surface area contributed by atoms with Crippen LogP contribution in [0, 0.1) is 13.8 Å². The molecule has 1 aliphatic heterocycles. The Morgan fingerprint density at radius 1 is 1.14 bits per heavy atom. The molecule has 0 saturated carbocycles. The zero-order valence-electron chi connectivity index (χ0n) is 14.2. The molecule has 1 fully saturated rings. The summed E-state index contributed by atoms with van der Waals surface area (Å²) in [5.74, 6) is 0.0529. The lowest BCUT2D eigenvalue weighted by Crippen LogP contribution is -2.44. The Balaban J connectivity index is 1.63. The molecule has 0 bridgehead atoms. The minimum absolute atomic E-state index is 0.0529. The summed E-state index contributed by atoms with van der Waals surface area (Å²) in [6.45, 7) is 10.6. The van der Waals surface area contributed by atoms with Crippen molar-refractivity contribution in [1.29, 1.82) is 0 Å². The van der Waals surface area contributed by atoms with E-state index in [1.165, 1.54) is 31.7 Å². The minimum atomic E-state index is 0.0529. The van der Waals surface area contributed by atoms with E-state index in [1.807, 2.05) is 26.0 Å². The summed E-state index contributed by atoms with van der Waals surface area (Å²) in [6.07, 6.45) is 2.19. The molecule has 0 atom stereocenters. The lowest BCUT2D eigenvalue weighted by molar-refractivity contribution is 0.0951. The van der Waals surface area contributed by atoms with Crippen LogP contribution >= 0.6 is 0 Å². The second-order valence-electron chi connectivity index (χ2n) is 6.43. The second-order valence-corrected chi connectivity index (χ2v) is 6.43. The maximum Gasteiger partial charge on any atom is 0.251 e. The Bertz CT molecular complexity index is 493. The van der Waals surface area contributed by atoms with Crippen LogP contribution in [-0.2, 0) is 0 Å². The van der Waals surface area contributed by atoms with Crippen molar-refractivity contribution in [3.8, 4) is 0 Å². The largest absolute Gasteiger partial charge is 0.352 e. The number of carbonyl (C=O) groups excluding carboxylic acids is 1. The summed E-state index contributed by atoms with van der Waals surface area (Å²) in [6, 6.07) is 5.97. The van der Waals surface area contributed by atoms with Crippen LogP contribution in [0.5, 0.6) is 0 Å². The van der Waals surface area contributed by atoms with E-state index < -0.39 is 0 Å². The Hall–Kier alpha value is -1.39. The van der Waals surface area contributed by atoms with E-state index >= 15 is 0 Å². The first-order chi connectivity index (χ1) is 10.6. The molecule has 0 radical (unpaired) electrons. The van der Waals surface area contributed by atoms with Crippen LogP contribution in [0.15, 0.2) is 18.2 Å². The van der Waals surface area contributed by atoms with Crippen molar-refractivity contribution < 1.29 is 4.79 Å². The third-order valence-electron chi connectivity index (χ3n) is 4.41. The van der Waals surface area contributed by atoms with E-state index in [4.69, 9.17) is 0 Å². The number of amides is 1. The Labute approximate surface area is 134 Å². The molecule has 1 aliphatic rings. The van der Waals surface area contributed by atoms with Gasteiger partial charge < -0.3 is 15.1 Å². The van der Waals surface area contributed by atoms with Gasteiger partial charge in [0.2, 0.25) is 0 Å². The average Bonchev–Trinajstić information content (AvgIpc) is 2.48. The van der Waals surface area contributed by atoms with Gasteiger partial charge in [0.05, 0.1) is 0 Å². The highest BCUT2D eigenvalue weighted by atomic mass is 16.1. The molecule has 0 unspecified atom stereocenters. The molecule has 0 spiro atoms. The van der Waals surface area contributed by atoms with Gasteiger partial charge in [-0.25, -0.2) is 0 Å². The number of unbranched alkanes of at least 4 members (excludes halogenated alkanes) is 1. The topological polar surface area (TPSA) is 35.6 Å². The van der Waals surface area contributed by atoms with E-state index in [0.717, 1.165) is 37.1 Å². The van der Waals surface area contributed by atoms with Crippen LogP contribution in [0.3, 0.4) is 0 Å². The highest BCUT2D eigenvalue weighted by Gasteiger charge is 2.13. The second kappa shape index (κ2) is 8.30.